The van der Waals surface area contributed by atoms with E-state index in [9.17, 15) is 9.59 Å². The Kier molecular flexibility index (Phi) is 4.41. The van der Waals surface area contributed by atoms with Crippen LogP contribution in [0.3, 0.4) is 0 Å². The highest BCUT2D eigenvalue weighted by Gasteiger charge is 2.20. The molecule has 0 saturated carbocycles. The normalized spacial score (nSPS) is 12.0. The third-order valence-electron chi connectivity index (χ3n) is 1.93. The first-order valence-electron chi connectivity index (χ1n) is 4.67. The zero-order valence-corrected chi connectivity index (χ0v) is 8.46. The number of carboxylic acid groups (broad SMARTS) is 2. The van der Waals surface area contributed by atoms with Crippen molar-refractivity contribution in [3.8, 4) is 0 Å². The minimum absolute atomic E-state index is 0.227. The van der Waals surface area contributed by atoms with Gasteiger partial charge >= 0.3 is 11.9 Å². The molecular formula is C10H12N2O4. The average Bonchev–Trinajstić information content (AvgIpc) is 2.25. The van der Waals surface area contributed by atoms with E-state index in [1.807, 2.05) is 0 Å². The van der Waals surface area contributed by atoms with E-state index in [2.05, 4.69) is 10.3 Å². The van der Waals surface area contributed by atoms with Crippen LogP contribution < -0.4 is 5.32 Å². The van der Waals surface area contributed by atoms with E-state index in [1.54, 1.807) is 24.4 Å². The zero-order chi connectivity index (χ0) is 12.0. The Morgan fingerprint density at radius 2 is 2.12 bits per heavy atom. The number of carbonyl (C=O) groups is 2. The highest BCUT2D eigenvalue weighted by Crippen LogP contribution is 1.97. The van der Waals surface area contributed by atoms with Gasteiger partial charge in [0.2, 0.25) is 0 Å². The monoisotopic (exact) mass is 224 g/mol. The van der Waals surface area contributed by atoms with Crippen LogP contribution in [0, 0.1) is 0 Å². The van der Waals surface area contributed by atoms with Crippen LogP contribution in [0.2, 0.25) is 0 Å². The van der Waals surface area contributed by atoms with Crippen molar-refractivity contribution in [2.24, 2.45) is 0 Å². The zero-order valence-electron chi connectivity index (χ0n) is 8.46. The molecule has 0 bridgehead atoms. The van der Waals surface area contributed by atoms with E-state index < -0.39 is 24.4 Å². The van der Waals surface area contributed by atoms with Crippen molar-refractivity contribution in [2.45, 2.75) is 19.0 Å². The molecule has 1 aromatic rings. The summed E-state index contributed by atoms with van der Waals surface area (Å²) in [5.74, 6) is -2.33. The fourth-order valence-corrected chi connectivity index (χ4v) is 1.15. The van der Waals surface area contributed by atoms with Crippen molar-refractivity contribution in [1.82, 2.24) is 10.3 Å². The molecule has 3 N–H and O–H groups in total. The van der Waals surface area contributed by atoms with Gasteiger partial charge in [0.25, 0.3) is 0 Å². The Labute approximate surface area is 91.9 Å². The minimum atomic E-state index is -1.18. The Bertz CT molecular complexity index is 366. The summed E-state index contributed by atoms with van der Waals surface area (Å²) in [5.41, 5.74) is 0.666. The van der Waals surface area contributed by atoms with Crippen LogP contribution in [-0.2, 0) is 16.1 Å². The maximum atomic E-state index is 10.7. The Morgan fingerprint density at radius 1 is 1.38 bits per heavy atom. The number of aliphatic carboxylic acids is 2. The number of aromatic nitrogens is 1. The van der Waals surface area contributed by atoms with Gasteiger partial charge in [0.15, 0.2) is 0 Å². The SMILES string of the molecule is O=C(O)C[C@@H](NCc1ccccn1)C(=O)O. The summed E-state index contributed by atoms with van der Waals surface area (Å²) in [5, 5.41) is 19.9. The van der Waals surface area contributed by atoms with E-state index in [4.69, 9.17) is 10.2 Å². The molecule has 1 aromatic heterocycles. The molecule has 0 aromatic carbocycles. The molecule has 86 valence electrons. The predicted molar refractivity (Wildman–Crippen MR) is 54.8 cm³/mol. The molecule has 16 heavy (non-hydrogen) atoms. The maximum Gasteiger partial charge on any atom is 0.321 e. The average molecular weight is 224 g/mol. The Balaban J connectivity index is 2.50. The van der Waals surface area contributed by atoms with Crippen LogP contribution >= 0.6 is 0 Å². The van der Waals surface area contributed by atoms with Crippen molar-refractivity contribution in [3.05, 3.63) is 30.1 Å². The van der Waals surface area contributed by atoms with Gasteiger partial charge in [-0.25, -0.2) is 0 Å². The van der Waals surface area contributed by atoms with Crippen LogP contribution in [0.1, 0.15) is 12.1 Å². The van der Waals surface area contributed by atoms with Gasteiger partial charge in [0, 0.05) is 12.7 Å². The van der Waals surface area contributed by atoms with E-state index in [0.29, 0.717) is 5.69 Å². The van der Waals surface area contributed by atoms with Gasteiger partial charge in [-0.2, -0.15) is 0 Å². The molecule has 1 atom stereocenters. The molecule has 0 unspecified atom stereocenters. The molecule has 0 aliphatic heterocycles. The van der Waals surface area contributed by atoms with E-state index in [1.165, 1.54) is 0 Å². The van der Waals surface area contributed by atoms with Gasteiger partial charge in [-0.1, -0.05) is 6.07 Å². The van der Waals surface area contributed by atoms with Gasteiger partial charge in [-0.3, -0.25) is 19.9 Å². The second-order valence-electron chi connectivity index (χ2n) is 3.19. The second kappa shape index (κ2) is 5.82. The number of carboxylic acids is 2. The summed E-state index contributed by atoms with van der Waals surface area (Å²) in [7, 11) is 0. The number of hydrogen-bond acceptors (Lipinski definition) is 4. The number of hydrogen-bond donors (Lipinski definition) is 3. The van der Waals surface area contributed by atoms with Crippen molar-refractivity contribution in [2.75, 3.05) is 0 Å². The third-order valence-corrected chi connectivity index (χ3v) is 1.93. The van der Waals surface area contributed by atoms with Crippen LogP contribution in [0.15, 0.2) is 24.4 Å². The first-order valence-corrected chi connectivity index (χ1v) is 4.67. The van der Waals surface area contributed by atoms with Crippen molar-refractivity contribution in [3.63, 3.8) is 0 Å². The minimum Gasteiger partial charge on any atom is -0.481 e. The summed E-state index contributed by atoms with van der Waals surface area (Å²) in [6, 6.07) is 4.15. The van der Waals surface area contributed by atoms with Gasteiger partial charge < -0.3 is 10.2 Å². The summed E-state index contributed by atoms with van der Waals surface area (Å²) in [6.45, 7) is 0.227. The van der Waals surface area contributed by atoms with Crippen molar-refractivity contribution >= 4 is 11.9 Å². The summed E-state index contributed by atoms with van der Waals surface area (Å²) in [6.07, 6.45) is 1.13. The molecule has 0 fully saturated rings. The van der Waals surface area contributed by atoms with Crippen LogP contribution in [0.25, 0.3) is 0 Å². The van der Waals surface area contributed by atoms with Crippen LogP contribution in [0.4, 0.5) is 0 Å². The first kappa shape index (κ1) is 12.1. The third kappa shape index (κ3) is 4.05. The largest absolute Gasteiger partial charge is 0.481 e. The molecule has 6 nitrogen and oxygen atoms in total. The molecule has 1 rings (SSSR count). The molecule has 0 amide bonds. The lowest BCUT2D eigenvalue weighted by Crippen LogP contribution is -2.38. The lowest BCUT2D eigenvalue weighted by atomic mass is 10.2. The van der Waals surface area contributed by atoms with Crippen molar-refractivity contribution in [1.29, 1.82) is 0 Å². The summed E-state index contributed by atoms with van der Waals surface area (Å²) in [4.78, 5) is 25.1. The molecule has 0 aliphatic rings. The van der Waals surface area contributed by atoms with Gasteiger partial charge in [0.05, 0.1) is 12.1 Å². The lowest BCUT2D eigenvalue weighted by Gasteiger charge is -2.11. The Morgan fingerprint density at radius 3 is 2.62 bits per heavy atom. The number of nitrogens with one attached hydrogen (secondary N) is 1. The Hall–Kier alpha value is -1.95. The topological polar surface area (TPSA) is 99.5 Å². The molecule has 0 aliphatic carbocycles. The predicted octanol–water partition coefficient (Wildman–Crippen LogP) is 0.0991. The van der Waals surface area contributed by atoms with Gasteiger partial charge in [-0.15, -0.1) is 0 Å². The van der Waals surface area contributed by atoms with E-state index in [0.717, 1.165) is 0 Å². The van der Waals surface area contributed by atoms with Gasteiger partial charge in [0.1, 0.15) is 6.04 Å². The second-order valence-corrected chi connectivity index (χ2v) is 3.19. The molecule has 0 saturated heterocycles. The quantitative estimate of drug-likeness (QED) is 0.633. The number of nitrogens with zero attached hydrogens (tertiary/aromatic N) is 1. The van der Waals surface area contributed by atoms with Crippen molar-refractivity contribution < 1.29 is 19.8 Å². The molecule has 0 spiro atoms. The number of rotatable bonds is 6. The van der Waals surface area contributed by atoms with E-state index >= 15 is 0 Å². The first-order chi connectivity index (χ1) is 7.59. The highest BCUT2D eigenvalue weighted by molar-refractivity contribution is 5.80. The summed E-state index contributed by atoms with van der Waals surface area (Å²) >= 11 is 0. The number of pyridine rings is 1. The molecule has 1 heterocycles. The fraction of sp³-hybridized carbons (Fsp3) is 0.300. The molecule has 6 heteroatoms. The van der Waals surface area contributed by atoms with E-state index in [-0.39, 0.29) is 6.54 Å². The standard InChI is InChI=1S/C10H12N2O4/c13-9(14)5-8(10(15)16)12-6-7-3-1-2-4-11-7/h1-4,8,12H,5-6H2,(H,13,14)(H,15,16)/t8-/m1/s1. The molecular weight excluding hydrogens is 212 g/mol. The molecule has 0 radical (unpaired) electrons. The highest BCUT2D eigenvalue weighted by atomic mass is 16.4. The summed E-state index contributed by atoms with van der Waals surface area (Å²) < 4.78 is 0. The maximum absolute atomic E-state index is 10.7. The van der Waals surface area contributed by atoms with Crippen LogP contribution in [0.5, 0.6) is 0 Å². The van der Waals surface area contributed by atoms with Crippen LogP contribution in [-0.4, -0.2) is 33.2 Å². The fourth-order valence-electron chi connectivity index (χ4n) is 1.15. The van der Waals surface area contributed by atoms with Gasteiger partial charge in [-0.05, 0) is 12.1 Å². The lowest BCUT2D eigenvalue weighted by molar-refractivity contribution is -0.146. The smallest absolute Gasteiger partial charge is 0.321 e.